The molecule has 2 aliphatic heterocycles. The molecule has 2 heterocycles. The maximum absolute atomic E-state index is 13.6. The first-order valence-electron chi connectivity index (χ1n) is 13.6. The fraction of sp³-hybridized carbons (Fsp3) is 0.621. The Morgan fingerprint density at radius 3 is 2.52 bits per heavy atom. The maximum Gasteiger partial charge on any atom is 0.408 e. The largest absolute Gasteiger partial charge is 0.484 e. The monoisotopic (exact) mass is 556 g/mol. The molecule has 0 radical (unpaired) electrons. The van der Waals surface area contributed by atoms with Crippen LogP contribution >= 0.6 is 0 Å². The van der Waals surface area contributed by atoms with E-state index >= 15 is 0 Å². The standard InChI is InChI=1S/C29H40N4O7/c1-17(2)13-20(32-22(34)16-31-27(37)40-28(3,4)5)26(36)38-25-24(33-12-8-9-23(33)35)19-14-18(15-30)10-11-21(19)39-29(25,6)7/h10-11,14,17,20,24-25H,8-9,12-13,16H2,1-7H3,(H,31,37)(H,32,34)/t20-,24+,25-/m0/s1. The second-order valence-corrected chi connectivity index (χ2v) is 12.2. The fourth-order valence-electron chi connectivity index (χ4n) is 4.93. The van der Waals surface area contributed by atoms with Crippen LogP contribution in [0.25, 0.3) is 0 Å². The highest BCUT2D eigenvalue weighted by molar-refractivity contribution is 5.87. The molecule has 2 aliphatic rings. The summed E-state index contributed by atoms with van der Waals surface area (Å²) < 4.78 is 17.5. The van der Waals surface area contributed by atoms with Crippen molar-refractivity contribution in [1.29, 1.82) is 5.26 Å². The zero-order valence-electron chi connectivity index (χ0n) is 24.3. The number of nitriles is 1. The molecule has 40 heavy (non-hydrogen) atoms. The Morgan fingerprint density at radius 1 is 1.25 bits per heavy atom. The lowest BCUT2D eigenvalue weighted by molar-refractivity contribution is -0.176. The number of ether oxygens (including phenoxy) is 3. The lowest BCUT2D eigenvalue weighted by atomic mass is 9.84. The molecule has 0 saturated carbocycles. The van der Waals surface area contributed by atoms with Crippen LogP contribution in [0.5, 0.6) is 5.75 Å². The van der Waals surface area contributed by atoms with Gasteiger partial charge in [0, 0.05) is 18.5 Å². The second-order valence-electron chi connectivity index (χ2n) is 12.2. The van der Waals surface area contributed by atoms with E-state index in [-0.39, 0.29) is 24.8 Å². The average Bonchev–Trinajstić information content (AvgIpc) is 3.26. The summed E-state index contributed by atoms with van der Waals surface area (Å²) in [5.41, 5.74) is -0.766. The van der Waals surface area contributed by atoms with Crippen LogP contribution in [0.15, 0.2) is 18.2 Å². The number of benzene rings is 1. The van der Waals surface area contributed by atoms with E-state index in [1.165, 1.54) is 0 Å². The van der Waals surface area contributed by atoms with Gasteiger partial charge in [0.25, 0.3) is 0 Å². The summed E-state index contributed by atoms with van der Waals surface area (Å²) in [7, 11) is 0. The lowest BCUT2D eigenvalue weighted by Crippen LogP contribution is -2.57. The number of esters is 1. The maximum atomic E-state index is 13.6. The van der Waals surface area contributed by atoms with Crippen molar-refractivity contribution >= 4 is 23.9 Å². The number of nitrogens with one attached hydrogen (secondary N) is 2. The molecular formula is C29H40N4O7. The van der Waals surface area contributed by atoms with Gasteiger partial charge in [-0.2, -0.15) is 5.26 Å². The van der Waals surface area contributed by atoms with Crippen molar-refractivity contribution in [2.75, 3.05) is 13.1 Å². The zero-order valence-corrected chi connectivity index (χ0v) is 24.3. The van der Waals surface area contributed by atoms with E-state index in [0.29, 0.717) is 36.3 Å². The molecule has 0 bridgehead atoms. The van der Waals surface area contributed by atoms with Crippen LogP contribution in [0, 0.1) is 17.2 Å². The number of hydrogen-bond donors (Lipinski definition) is 2. The number of carbonyl (C=O) groups is 4. The van der Waals surface area contributed by atoms with Gasteiger partial charge in [0.1, 0.15) is 35.6 Å². The van der Waals surface area contributed by atoms with Crippen LogP contribution < -0.4 is 15.4 Å². The lowest BCUT2D eigenvalue weighted by Gasteiger charge is -2.47. The second kappa shape index (κ2) is 12.1. The summed E-state index contributed by atoms with van der Waals surface area (Å²) in [6, 6.07) is 5.44. The third kappa shape index (κ3) is 7.64. The summed E-state index contributed by atoms with van der Waals surface area (Å²) in [5, 5.41) is 14.6. The normalized spacial score (nSPS) is 20.6. The van der Waals surface area contributed by atoms with E-state index in [4.69, 9.17) is 14.2 Å². The predicted octanol–water partition coefficient (Wildman–Crippen LogP) is 3.36. The number of hydrogen-bond acceptors (Lipinski definition) is 8. The molecule has 218 valence electrons. The molecule has 0 aliphatic carbocycles. The van der Waals surface area contributed by atoms with Gasteiger partial charge in [-0.3, -0.25) is 9.59 Å². The molecule has 2 N–H and O–H groups in total. The van der Waals surface area contributed by atoms with E-state index in [9.17, 15) is 24.4 Å². The Kier molecular flexibility index (Phi) is 9.33. The Balaban J connectivity index is 1.85. The quantitative estimate of drug-likeness (QED) is 0.463. The summed E-state index contributed by atoms with van der Waals surface area (Å²) in [6.45, 7) is 12.6. The molecular weight excluding hydrogens is 516 g/mol. The van der Waals surface area contributed by atoms with Crippen LogP contribution in [0.1, 0.15) is 84.9 Å². The molecule has 3 atom stereocenters. The van der Waals surface area contributed by atoms with Crippen LogP contribution in [-0.4, -0.2) is 65.2 Å². The van der Waals surface area contributed by atoms with E-state index in [0.717, 1.165) is 0 Å². The van der Waals surface area contributed by atoms with Gasteiger partial charge in [0.05, 0.1) is 11.6 Å². The Hall–Kier alpha value is -3.81. The summed E-state index contributed by atoms with van der Waals surface area (Å²) in [4.78, 5) is 52.8. The van der Waals surface area contributed by atoms with Crippen LogP contribution in [0.2, 0.25) is 0 Å². The molecule has 1 saturated heterocycles. The molecule has 0 spiro atoms. The first kappa shape index (κ1) is 30.7. The minimum atomic E-state index is -1.03. The molecule has 0 unspecified atom stereocenters. The number of rotatable bonds is 8. The third-order valence-electron chi connectivity index (χ3n) is 6.61. The van der Waals surface area contributed by atoms with Gasteiger partial charge in [-0.1, -0.05) is 13.8 Å². The SMILES string of the molecule is CC(C)C[C@H](NC(=O)CNC(=O)OC(C)(C)C)C(=O)O[C@H]1[C@H](N2CCCC2=O)c2cc(C#N)ccc2OC1(C)C. The predicted molar refractivity (Wildman–Crippen MR) is 145 cm³/mol. The van der Waals surface area contributed by atoms with Crippen molar-refractivity contribution < 1.29 is 33.4 Å². The molecule has 3 rings (SSSR count). The number of carbonyl (C=O) groups excluding carboxylic acids is 4. The van der Waals surface area contributed by atoms with Crippen molar-refractivity contribution in [2.45, 2.75) is 97.1 Å². The highest BCUT2D eigenvalue weighted by Gasteiger charge is 2.51. The number of nitrogens with zero attached hydrogens (tertiary/aromatic N) is 2. The molecule has 11 heteroatoms. The van der Waals surface area contributed by atoms with E-state index in [1.54, 1.807) is 57.7 Å². The van der Waals surface area contributed by atoms with Gasteiger partial charge in [0.2, 0.25) is 11.8 Å². The first-order chi connectivity index (χ1) is 18.6. The fourth-order valence-corrected chi connectivity index (χ4v) is 4.93. The number of likely N-dealkylation sites (tertiary alicyclic amines) is 1. The van der Waals surface area contributed by atoms with E-state index in [1.807, 2.05) is 13.8 Å². The minimum Gasteiger partial charge on any atom is -0.484 e. The van der Waals surface area contributed by atoms with Gasteiger partial charge in [-0.25, -0.2) is 9.59 Å². The molecule has 1 aromatic rings. The van der Waals surface area contributed by atoms with Crippen molar-refractivity contribution in [3.8, 4) is 11.8 Å². The first-order valence-corrected chi connectivity index (χ1v) is 13.6. The molecule has 1 fully saturated rings. The van der Waals surface area contributed by atoms with Crippen molar-refractivity contribution in [3.63, 3.8) is 0 Å². The summed E-state index contributed by atoms with van der Waals surface area (Å²) in [6.07, 6.45) is -0.341. The van der Waals surface area contributed by atoms with Gasteiger partial charge in [-0.05, 0) is 71.6 Å². The average molecular weight is 557 g/mol. The topological polar surface area (TPSA) is 147 Å². The van der Waals surface area contributed by atoms with Gasteiger partial charge < -0.3 is 29.7 Å². The third-order valence-corrected chi connectivity index (χ3v) is 6.61. The van der Waals surface area contributed by atoms with Crippen molar-refractivity contribution in [1.82, 2.24) is 15.5 Å². The molecule has 0 aromatic heterocycles. The summed E-state index contributed by atoms with van der Waals surface area (Å²) in [5.74, 6) is -0.791. The van der Waals surface area contributed by atoms with Gasteiger partial charge in [-0.15, -0.1) is 0 Å². The highest BCUT2D eigenvalue weighted by atomic mass is 16.6. The number of fused-ring (bicyclic) bond motifs is 1. The van der Waals surface area contributed by atoms with Crippen LogP contribution in [0.3, 0.4) is 0 Å². The van der Waals surface area contributed by atoms with Crippen LogP contribution in [0.4, 0.5) is 4.79 Å². The van der Waals surface area contributed by atoms with E-state index in [2.05, 4.69) is 16.7 Å². The minimum absolute atomic E-state index is 0.0298. The number of alkyl carbamates (subject to hydrolysis) is 1. The Labute approximate surface area is 235 Å². The summed E-state index contributed by atoms with van der Waals surface area (Å²) >= 11 is 0. The van der Waals surface area contributed by atoms with E-state index < -0.39 is 47.4 Å². The van der Waals surface area contributed by atoms with Crippen LogP contribution in [-0.2, 0) is 23.9 Å². The van der Waals surface area contributed by atoms with Gasteiger partial charge >= 0.3 is 12.1 Å². The Bertz CT molecular complexity index is 1180. The molecule has 1 aromatic carbocycles. The van der Waals surface area contributed by atoms with Crippen molar-refractivity contribution in [2.24, 2.45) is 5.92 Å². The smallest absolute Gasteiger partial charge is 0.408 e. The van der Waals surface area contributed by atoms with Gasteiger partial charge in [0.15, 0.2) is 6.10 Å². The Morgan fingerprint density at radius 2 is 1.95 bits per heavy atom. The molecule has 11 nitrogen and oxygen atoms in total. The van der Waals surface area contributed by atoms with Crippen molar-refractivity contribution in [3.05, 3.63) is 29.3 Å². The highest BCUT2D eigenvalue weighted by Crippen LogP contribution is 2.46. The number of amides is 3. The zero-order chi connectivity index (χ0) is 29.8. The molecule has 3 amide bonds.